The number of rotatable bonds is 4. The fourth-order valence-corrected chi connectivity index (χ4v) is 5.57. The maximum atomic E-state index is 13.5. The Morgan fingerprint density at radius 2 is 1.73 bits per heavy atom. The van der Waals surface area contributed by atoms with Crippen molar-refractivity contribution in [1.29, 1.82) is 5.26 Å². The van der Waals surface area contributed by atoms with Gasteiger partial charge in [0.05, 0.1) is 0 Å². The van der Waals surface area contributed by atoms with E-state index in [-0.39, 0.29) is 17.8 Å². The minimum atomic E-state index is -0.205. The summed E-state index contributed by atoms with van der Waals surface area (Å²) in [5.74, 6) is 0.573. The van der Waals surface area contributed by atoms with Gasteiger partial charge in [-0.2, -0.15) is 9.94 Å². The lowest BCUT2D eigenvalue weighted by molar-refractivity contribution is 0.0831. The number of nitriles is 1. The molecule has 1 amide bonds. The molecule has 2 aliphatic rings. The number of amides is 1. The van der Waals surface area contributed by atoms with Gasteiger partial charge < -0.3 is 4.90 Å². The Labute approximate surface area is 194 Å². The van der Waals surface area contributed by atoms with E-state index >= 15 is 0 Å². The predicted molar refractivity (Wildman–Crippen MR) is 127 cm³/mol. The van der Waals surface area contributed by atoms with E-state index in [9.17, 15) is 10.1 Å². The van der Waals surface area contributed by atoms with E-state index in [4.69, 9.17) is 0 Å². The van der Waals surface area contributed by atoms with E-state index in [1.165, 1.54) is 29.5 Å². The smallest absolute Gasteiger partial charge is 0.320 e. The van der Waals surface area contributed by atoms with E-state index in [2.05, 4.69) is 34.6 Å². The van der Waals surface area contributed by atoms with Crippen molar-refractivity contribution in [2.75, 3.05) is 6.54 Å². The highest BCUT2D eigenvalue weighted by atomic mass is 16.2. The Balaban J connectivity index is 1.43. The van der Waals surface area contributed by atoms with Crippen LogP contribution in [0.3, 0.4) is 0 Å². The summed E-state index contributed by atoms with van der Waals surface area (Å²) in [7, 11) is 0. The highest BCUT2D eigenvalue weighted by Gasteiger charge is 2.37. The number of hydrogen-bond donors (Lipinski definition) is 0. The zero-order chi connectivity index (χ0) is 22.6. The van der Waals surface area contributed by atoms with Gasteiger partial charge in [0.2, 0.25) is 0 Å². The maximum absolute atomic E-state index is 13.5. The number of benzene rings is 2. The zero-order valence-corrected chi connectivity index (χ0v) is 18.9. The van der Waals surface area contributed by atoms with Crippen molar-refractivity contribution in [2.24, 2.45) is 5.92 Å². The van der Waals surface area contributed by atoms with Crippen LogP contribution in [-0.2, 0) is 12.8 Å². The fourth-order valence-electron chi connectivity index (χ4n) is 5.57. The van der Waals surface area contributed by atoms with Gasteiger partial charge in [0.25, 0.3) is 0 Å². The molecule has 2 heterocycles. The van der Waals surface area contributed by atoms with Crippen molar-refractivity contribution < 1.29 is 4.79 Å². The van der Waals surface area contributed by atoms with Crippen LogP contribution in [0.2, 0.25) is 0 Å². The van der Waals surface area contributed by atoms with Crippen molar-refractivity contribution in [1.82, 2.24) is 19.9 Å². The van der Waals surface area contributed by atoms with Crippen molar-refractivity contribution >= 4 is 6.03 Å². The average Bonchev–Trinajstić information content (AvgIpc) is 3.31. The van der Waals surface area contributed by atoms with Gasteiger partial charge in [0, 0.05) is 18.2 Å². The molecular weight excluding hydrogens is 410 g/mol. The molecule has 0 N–H and O–H groups in total. The summed E-state index contributed by atoms with van der Waals surface area (Å²) in [5, 5.41) is 18.5. The number of carbonyl (C=O) groups is 1. The third kappa shape index (κ3) is 4.28. The first kappa shape index (κ1) is 21.4. The van der Waals surface area contributed by atoms with Crippen LogP contribution in [0.1, 0.15) is 55.3 Å². The molecule has 0 spiro atoms. The van der Waals surface area contributed by atoms with Crippen LogP contribution in [-0.4, -0.2) is 38.5 Å². The summed E-state index contributed by atoms with van der Waals surface area (Å²) >= 11 is 0. The minimum absolute atomic E-state index is 0.205. The van der Waals surface area contributed by atoms with Crippen LogP contribution in [0.25, 0.3) is 11.3 Å². The van der Waals surface area contributed by atoms with Crippen molar-refractivity contribution in [2.45, 2.75) is 57.4 Å². The van der Waals surface area contributed by atoms with E-state index in [1.54, 1.807) is 0 Å². The molecule has 6 heteroatoms. The van der Waals surface area contributed by atoms with Crippen molar-refractivity contribution in [3.05, 3.63) is 71.4 Å². The molecule has 3 aromatic rings. The molecule has 1 aliphatic heterocycles. The number of hydrogen-bond acceptors (Lipinski definition) is 4. The predicted octanol–water partition coefficient (Wildman–Crippen LogP) is 5.22. The molecule has 6 nitrogen and oxygen atoms in total. The number of nitrogens with zero attached hydrogens (tertiary/aromatic N) is 5. The van der Waals surface area contributed by atoms with Crippen LogP contribution < -0.4 is 0 Å². The molecule has 2 aromatic carbocycles. The molecule has 1 saturated heterocycles. The lowest BCUT2D eigenvalue weighted by Crippen LogP contribution is -2.51. The molecule has 5 rings (SSSR count). The molecule has 1 aliphatic carbocycles. The maximum Gasteiger partial charge on any atom is 0.347 e. The third-order valence-corrected chi connectivity index (χ3v) is 7.24. The fraction of sp³-hybridized carbons (Fsp3) is 0.407. The zero-order valence-electron chi connectivity index (χ0n) is 18.9. The van der Waals surface area contributed by atoms with Crippen molar-refractivity contribution in [3.8, 4) is 17.3 Å². The Morgan fingerprint density at radius 3 is 2.58 bits per heavy atom. The summed E-state index contributed by atoms with van der Waals surface area (Å²) in [6.07, 6.45) is 8.56. The molecule has 2 fully saturated rings. The summed E-state index contributed by atoms with van der Waals surface area (Å²) < 4.78 is 1.24. The quantitative estimate of drug-likeness (QED) is 0.558. The van der Waals surface area contributed by atoms with Gasteiger partial charge in [-0.05, 0) is 55.6 Å². The number of fused-ring (bicyclic) bond motifs is 1. The highest BCUT2D eigenvalue weighted by Crippen LogP contribution is 2.36. The third-order valence-electron chi connectivity index (χ3n) is 7.24. The lowest BCUT2D eigenvalue weighted by Gasteiger charge is -2.43. The molecule has 1 aromatic heterocycles. The number of likely N-dealkylation sites (tertiary alicyclic amines) is 1. The van der Waals surface area contributed by atoms with Crippen molar-refractivity contribution in [3.63, 3.8) is 0 Å². The standard InChI is InChI=1S/C27H29N5O/c28-19-25-26(23-14-6-4-11-21(23)17-16-20-9-2-1-3-10-20)29-30-32(25)27(33)31-18-8-13-22-12-5-7-15-24(22)31/h1-4,6,9-11,14,22,24H,5,7-8,12-13,15-18H2. The number of aromatic nitrogens is 3. The molecule has 2 unspecified atom stereocenters. The average molecular weight is 440 g/mol. The van der Waals surface area contributed by atoms with Crippen LogP contribution in [0.4, 0.5) is 4.79 Å². The molecule has 33 heavy (non-hydrogen) atoms. The van der Waals surface area contributed by atoms with Gasteiger partial charge in [-0.25, -0.2) is 4.79 Å². The monoisotopic (exact) mass is 439 g/mol. The first-order valence-electron chi connectivity index (χ1n) is 12.0. The number of aryl methyl sites for hydroxylation is 2. The van der Waals surface area contributed by atoms with Gasteiger partial charge in [0.1, 0.15) is 11.8 Å². The second-order valence-corrected chi connectivity index (χ2v) is 9.18. The van der Waals surface area contributed by atoms with Gasteiger partial charge in [-0.15, -0.1) is 5.10 Å². The Kier molecular flexibility index (Phi) is 6.21. The molecule has 0 radical (unpaired) electrons. The number of carbonyl (C=O) groups excluding carboxylic acids is 1. The summed E-state index contributed by atoms with van der Waals surface area (Å²) in [4.78, 5) is 15.5. The van der Waals surface area contributed by atoms with Crippen LogP contribution >= 0.6 is 0 Å². The largest absolute Gasteiger partial charge is 0.347 e. The SMILES string of the molecule is N#Cc1c(-c2ccccc2CCc2ccccc2)nnn1C(=O)N1CCCC2CCCCC21. The highest BCUT2D eigenvalue weighted by molar-refractivity contribution is 5.81. The molecule has 1 saturated carbocycles. The first-order valence-corrected chi connectivity index (χ1v) is 12.0. The van der Waals surface area contributed by atoms with E-state index < -0.39 is 0 Å². The topological polar surface area (TPSA) is 74.8 Å². The minimum Gasteiger partial charge on any atom is -0.320 e. The van der Waals surface area contributed by atoms with E-state index in [1.807, 2.05) is 41.3 Å². The Hall–Kier alpha value is -3.46. The van der Waals surface area contributed by atoms with Gasteiger partial charge in [-0.3, -0.25) is 0 Å². The van der Waals surface area contributed by atoms with Gasteiger partial charge in [-0.1, -0.05) is 72.7 Å². The second kappa shape index (κ2) is 9.58. The summed E-state index contributed by atoms with van der Waals surface area (Å²) in [6.45, 7) is 0.730. The number of piperidine rings is 1. The van der Waals surface area contributed by atoms with Gasteiger partial charge in [0.15, 0.2) is 5.69 Å². The van der Waals surface area contributed by atoms with Crippen LogP contribution in [0.5, 0.6) is 0 Å². The Morgan fingerprint density at radius 1 is 0.970 bits per heavy atom. The summed E-state index contributed by atoms with van der Waals surface area (Å²) in [6, 6.07) is 20.6. The molecule has 168 valence electrons. The normalized spacial score (nSPS) is 20.2. The molecule has 2 atom stereocenters. The molecule has 0 bridgehead atoms. The van der Waals surface area contributed by atoms with E-state index in [0.717, 1.165) is 49.8 Å². The first-order chi connectivity index (χ1) is 16.3. The second-order valence-electron chi connectivity index (χ2n) is 9.18. The molecular formula is C27H29N5O. The van der Waals surface area contributed by atoms with Gasteiger partial charge >= 0.3 is 6.03 Å². The van der Waals surface area contributed by atoms with Crippen LogP contribution in [0.15, 0.2) is 54.6 Å². The van der Waals surface area contributed by atoms with E-state index in [0.29, 0.717) is 11.6 Å². The Bertz CT molecular complexity index is 1160. The van der Waals surface area contributed by atoms with Crippen LogP contribution in [0, 0.1) is 17.2 Å². The summed E-state index contributed by atoms with van der Waals surface area (Å²) in [5.41, 5.74) is 3.96. The lowest BCUT2D eigenvalue weighted by atomic mass is 9.78.